The Hall–Kier alpha value is -1.17. The predicted octanol–water partition coefficient (Wildman–Crippen LogP) is 1.43. The van der Waals surface area contributed by atoms with Gasteiger partial charge in [-0.25, -0.2) is 4.98 Å². The summed E-state index contributed by atoms with van der Waals surface area (Å²) in [6, 6.07) is 3.91. The van der Waals surface area contributed by atoms with Gasteiger partial charge in [-0.05, 0) is 45.3 Å². The van der Waals surface area contributed by atoms with Gasteiger partial charge in [0.1, 0.15) is 5.82 Å². The first-order valence-corrected chi connectivity index (χ1v) is 7.05. The van der Waals surface area contributed by atoms with E-state index in [-0.39, 0.29) is 11.6 Å². The van der Waals surface area contributed by atoms with Gasteiger partial charge in [-0.2, -0.15) is 0 Å². The molecule has 5 heteroatoms. The van der Waals surface area contributed by atoms with Gasteiger partial charge >= 0.3 is 0 Å². The summed E-state index contributed by atoms with van der Waals surface area (Å²) < 4.78 is 0. The minimum Gasteiger partial charge on any atom is -0.383 e. The highest BCUT2D eigenvalue weighted by atomic mass is 15.3. The molecule has 0 spiro atoms. The fourth-order valence-electron chi connectivity index (χ4n) is 3.12. The highest BCUT2D eigenvalue weighted by molar-refractivity contribution is 5.42. The zero-order valence-electron chi connectivity index (χ0n) is 11.9. The van der Waals surface area contributed by atoms with Crippen LogP contribution in [0.4, 0.5) is 5.82 Å². The summed E-state index contributed by atoms with van der Waals surface area (Å²) in [4.78, 5) is 6.70. The number of nitrogens with zero attached hydrogens (tertiary/aromatic N) is 2. The Morgan fingerprint density at radius 3 is 2.68 bits per heavy atom. The first kappa shape index (κ1) is 14.2. The molecule has 106 valence electrons. The molecule has 1 aliphatic rings. The second kappa shape index (κ2) is 5.86. The summed E-state index contributed by atoms with van der Waals surface area (Å²) in [5.41, 5.74) is 9.94. The van der Waals surface area contributed by atoms with E-state index in [9.17, 15) is 0 Å². The van der Waals surface area contributed by atoms with Crippen molar-refractivity contribution < 1.29 is 0 Å². The molecule has 5 N–H and O–H groups in total. The molecule has 1 aromatic rings. The van der Waals surface area contributed by atoms with E-state index >= 15 is 0 Å². The summed E-state index contributed by atoms with van der Waals surface area (Å²) in [5, 5.41) is 0. The van der Waals surface area contributed by atoms with Crippen molar-refractivity contribution >= 4 is 5.82 Å². The smallest absolute Gasteiger partial charge is 0.128 e. The van der Waals surface area contributed by atoms with Crippen molar-refractivity contribution in [2.75, 3.05) is 18.8 Å². The molecule has 1 aromatic heterocycles. The fraction of sp³-hybridized carbons (Fsp3) is 0.643. The van der Waals surface area contributed by atoms with E-state index in [4.69, 9.17) is 11.6 Å². The highest BCUT2D eigenvalue weighted by Crippen LogP contribution is 2.37. The number of hydrogen-bond acceptors (Lipinski definition) is 5. The van der Waals surface area contributed by atoms with Gasteiger partial charge in [0.25, 0.3) is 0 Å². The van der Waals surface area contributed by atoms with Crippen molar-refractivity contribution in [3.05, 3.63) is 23.9 Å². The number of pyridine rings is 1. The normalized spacial score (nSPS) is 21.2. The second-order valence-corrected chi connectivity index (χ2v) is 5.48. The molecule has 0 radical (unpaired) electrons. The van der Waals surface area contributed by atoms with Crippen molar-refractivity contribution in [1.82, 2.24) is 15.3 Å². The highest BCUT2D eigenvalue weighted by Gasteiger charge is 2.40. The van der Waals surface area contributed by atoms with Gasteiger partial charge in [-0.15, -0.1) is 0 Å². The van der Waals surface area contributed by atoms with Crippen molar-refractivity contribution in [3.8, 4) is 0 Å². The van der Waals surface area contributed by atoms with Crippen molar-refractivity contribution in [1.29, 1.82) is 0 Å². The van der Waals surface area contributed by atoms with Gasteiger partial charge < -0.3 is 5.73 Å². The molecule has 5 nitrogen and oxygen atoms in total. The van der Waals surface area contributed by atoms with E-state index in [1.807, 2.05) is 12.1 Å². The Labute approximate surface area is 115 Å². The third-order valence-electron chi connectivity index (χ3n) is 4.52. The number of nitrogens with two attached hydrogens (primary N) is 2. The second-order valence-electron chi connectivity index (χ2n) is 5.48. The minimum absolute atomic E-state index is 0.00991. The molecular weight excluding hydrogens is 238 g/mol. The van der Waals surface area contributed by atoms with Gasteiger partial charge in [0.15, 0.2) is 0 Å². The standard InChI is InChI=1S/C14H25N5/c1-3-14(2,19-9-4-5-10-19)12(18-16)11-7-6-8-17-13(11)15/h6-8,12,18H,3-5,9-10,16H2,1-2H3,(H2,15,17). The molecule has 0 bridgehead atoms. The van der Waals surface area contributed by atoms with Gasteiger partial charge in [0.05, 0.1) is 6.04 Å². The van der Waals surface area contributed by atoms with Crippen LogP contribution in [-0.2, 0) is 0 Å². The van der Waals surface area contributed by atoms with Crippen molar-refractivity contribution in [2.24, 2.45) is 5.84 Å². The lowest BCUT2D eigenvalue weighted by atomic mass is 9.83. The summed E-state index contributed by atoms with van der Waals surface area (Å²) in [7, 11) is 0. The van der Waals surface area contributed by atoms with Crippen LogP contribution in [-0.4, -0.2) is 28.5 Å². The first-order chi connectivity index (χ1) is 9.13. The monoisotopic (exact) mass is 263 g/mol. The van der Waals surface area contributed by atoms with Crippen LogP contribution in [0.5, 0.6) is 0 Å². The Morgan fingerprint density at radius 1 is 1.47 bits per heavy atom. The van der Waals surface area contributed by atoms with E-state index < -0.39 is 0 Å². The molecule has 2 atom stereocenters. The molecule has 1 saturated heterocycles. The Morgan fingerprint density at radius 2 is 2.16 bits per heavy atom. The number of hydrazine groups is 1. The lowest BCUT2D eigenvalue weighted by Crippen LogP contribution is -2.55. The van der Waals surface area contributed by atoms with Gasteiger partial charge in [-0.1, -0.05) is 13.0 Å². The molecule has 0 aliphatic carbocycles. The third-order valence-corrected chi connectivity index (χ3v) is 4.52. The quantitative estimate of drug-likeness (QED) is 0.553. The van der Waals surface area contributed by atoms with Crippen LogP contribution in [0.15, 0.2) is 18.3 Å². The Bertz CT molecular complexity index is 416. The number of anilines is 1. The number of nitrogens with one attached hydrogen (secondary N) is 1. The maximum absolute atomic E-state index is 6.02. The fourth-order valence-corrected chi connectivity index (χ4v) is 3.12. The molecule has 0 aromatic carbocycles. The first-order valence-electron chi connectivity index (χ1n) is 7.05. The Kier molecular flexibility index (Phi) is 4.39. The van der Waals surface area contributed by atoms with Crippen LogP contribution in [0.25, 0.3) is 0 Å². The number of aromatic nitrogens is 1. The van der Waals surface area contributed by atoms with Crippen LogP contribution < -0.4 is 17.0 Å². The van der Waals surface area contributed by atoms with E-state index in [0.717, 1.165) is 25.1 Å². The average Bonchev–Trinajstić information content (AvgIpc) is 2.96. The average molecular weight is 263 g/mol. The molecule has 0 saturated carbocycles. The maximum Gasteiger partial charge on any atom is 0.128 e. The number of likely N-dealkylation sites (tertiary alicyclic amines) is 1. The largest absolute Gasteiger partial charge is 0.383 e. The van der Waals surface area contributed by atoms with Crippen LogP contribution >= 0.6 is 0 Å². The van der Waals surface area contributed by atoms with E-state index in [1.165, 1.54) is 12.8 Å². The third kappa shape index (κ3) is 2.59. The number of hydrogen-bond donors (Lipinski definition) is 3. The zero-order chi connectivity index (χ0) is 13.9. The molecule has 2 rings (SSSR count). The summed E-state index contributed by atoms with van der Waals surface area (Å²) in [6.45, 7) is 6.72. The predicted molar refractivity (Wildman–Crippen MR) is 78.2 cm³/mol. The molecule has 0 amide bonds. The molecular formula is C14H25N5. The van der Waals surface area contributed by atoms with E-state index in [0.29, 0.717) is 5.82 Å². The number of rotatable bonds is 5. The lowest BCUT2D eigenvalue weighted by Gasteiger charge is -2.44. The van der Waals surface area contributed by atoms with E-state index in [2.05, 4.69) is 29.2 Å². The molecule has 2 heterocycles. The zero-order valence-corrected chi connectivity index (χ0v) is 11.9. The number of nitrogen functional groups attached to an aromatic ring is 1. The molecule has 1 aliphatic heterocycles. The molecule has 1 fully saturated rings. The Balaban J connectivity index is 2.35. The molecule has 19 heavy (non-hydrogen) atoms. The van der Waals surface area contributed by atoms with Gasteiger partial charge in [0.2, 0.25) is 0 Å². The topological polar surface area (TPSA) is 80.2 Å². The summed E-state index contributed by atoms with van der Waals surface area (Å²) in [6.07, 6.45) is 5.24. The van der Waals surface area contributed by atoms with Crippen molar-refractivity contribution in [2.45, 2.75) is 44.7 Å². The van der Waals surface area contributed by atoms with Crippen LogP contribution in [0, 0.1) is 0 Å². The summed E-state index contributed by atoms with van der Waals surface area (Å²) >= 11 is 0. The van der Waals surface area contributed by atoms with Gasteiger partial charge in [0, 0.05) is 17.3 Å². The van der Waals surface area contributed by atoms with Crippen LogP contribution in [0.2, 0.25) is 0 Å². The van der Waals surface area contributed by atoms with Crippen molar-refractivity contribution in [3.63, 3.8) is 0 Å². The molecule has 2 unspecified atom stereocenters. The maximum atomic E-state index is 6.02. The SMILES string of the molecule is CCC(C)(C(NN)c1cccnc1N)N1CCCC1. The summed E-state index contributed by atoms with van der Waals surface area (Å²) in [5.74, 6) is 6.40. The van der Waals surface area contributed by atoms with Gasteiger partial charge in [-0.3, -0.25) is 16.2 Å². The van der Waals surface area contributed by atoms with E-state index in [1.54, 1.807) is 6.20 Å². The van der Waals surface area contributed by atoms with Crippen LogP contribution in [0.1, 0.15) is 44.7 Å². The van der Waals surface area contributed by atoms with Crippen LogP contribution in [0.3, 0.4) is 0 Å². The lowest BCUT2D eigenvalue weighted by molar-refractivity contribution is 0.0842. The minimum atomic E-state index is -0.0393.